The number of hydrogen-bond acceptors (Lipinski definition) is 5. The highest BCUT2D eigenvalue weighted by atomic mass is 32.2. The summed E-state index contributed by atoms with van der Waals surface area (Å²) in [5, 5.41) is 11.3. The summed E-state index contributed by atoms with van der Waals surface area (Å²) in [5.74, 6) is 5.02. The predicted molar refractivity (Wildman–Crippen MR) is 78.1 cm³/mol. The first-order valence-electron chi connectivity index (χ1n) is 5.85. The van der Waals surface area contributed by atoms with E-state index in [2.05, 4.69) is 21.9 Å². The largest absolute Gasteiger partial charge is 0.384 e. The smallest absolute Gasteiger partial charge is 0.261 e. The number of amides is 1. The molecule has 0 bridgehead atoms. The number of nitrogens with one attached hydrogen (secondary N) is 2. The summed E-state index contributed by atoms with van der Waals surface area (Å²) in [7, 11) is -3.18. The Hall–Kier alpha value is -1.40. The highest BCUT2D eigenvalue weighted by Crippen LogP contribution is 2.14. The monoisotopic (exact) mass is 316 g/mol. The van der Waals surface area contributed by atoms with E-state index in [9.17, 15) is 13.2 Å². The number of carbonyl (C=O) groups is 1. The Morgan fingerprint density at radius 3 is 2.80 bits per heavy atom. The molecule has 6 nitrogen and oxygen atoms in total. The van der Waals surface area contributed by atoms with Crippen LogP contribution in [0.2, 0.25) is 0 Å². The molecule has 0 aromatic carbocycles. The van der Waals surface area contributed by atoms with E-state index < -0.39 is 10.0 Å². The molecule has 3 N–H and O–H groups in total. The zero-order chi connectivity index (χ0) is 15.0. The van der Waals surface area contributed by atoms with Crippen LogP contribution in [0.5, 0.6) is 0 Å². The number of rotatable bonds is 6. The number of carbonyl (C=O) groups excluding carboxylic acids is 1. The van der Waals surface area contributed by atoms with E-state index in [-0.39, 0.29) is 19.1 Å². The van der Waals surface area contributed by atoms with Crippen molar-refractivity contribution in [2.45, 2.75) is 6.42 Å². The number of hydrogen-bond donors (Lipinski definition) is 3. The molecule has 1 amide bonds. The lowest BCUT2D eigenvalue weighted by Gasteiger charge is -2.04. The van der Waals surface area contributed by atoms with Crippen LogP contribution in [-0.2, 0) is 10.0 Å². The fraction of sp³-hybridized carbons (Fsp3) is 0.417. The van der Waals surface area contributed by atoms with Crippen molar-refractivity contribution in [3.63, 3.8) is 0 Å². The van der Waals surface area contributed by atoms with E-state index in [1.807, 2.05) is 0 Å². The average Bonchev–Trinajstić information content (AvgIpc) is 2.83. The molecular formula is C12H16N2O4S2. The van der Waals surface area contributed by atoms with Gasteiger partial charge in [0, 0.05) is 13.1 Å². The third kappa shape index (κ3) is 6.68. The lowest BCUT2D eigenvalue weighted by Crippen LogP contribution is -2.28. The molecule has 0 saturated carbocycles. The molecule has 1 rings (SSSR count). The lowest BCUT2D eigenvalue weighted by atomic mass is 10.4. The molecule has 0 aliphatic heterocycles. The Kier molecular flexibility index (Phi) is 6.67. The molecule has 0 aliphatic carbocycles. The molecule has 0 saturated heterocycles. The minimum atomic E-state index is -3.18. The molecule has 8 heteroatoms. The van der Waals surface area contributed by atoms with Gasteiger partial charge in [0.15, 0.2) is 0 Å². The summed E-state index contributed by atoms with van der Waals surface area (Å²) in [5.41, 5.74) is 0. The fourth-order valence-corrected chi connectivity index (χ4v) is 2.60. The van der Waals surface area contributed by atoms with Gasteiger partial charge in [-0.2, -0.15) is 0 Å². The van der Waals surface area contributed by atoms with Crippen molar-refractivity contribution in [3.8, 4) is 11.8 Å². The van der Waals surface area contributed by atoms with Gasteiger partial charge in [-0.05, 0) is 18.6 Å². The van der Waals surface area contributed by atoms with E-state index in [0.717, 1.165) is 6.26 Å². The van der Waals surface area contributed by atoms with Crippen LogP contribution in [0.1, 0.15) is 21.0 Å². The number of aliphatic hydroxyl groups excluding tert-OH is 1. The van der Waals surface area contributed by atoms with Gasteiger partial charge in [-0.15, -0.1) is 11.3 Å². The van der Waals surface area contributed by atoms with Crippen LogP contribution in [-0.4, -0.2) is 45.4 Å². The summed E-state index contributed by atoms with van der Waals surface area (Å²) in [6, 6.07) is 3.38. The number of sulfonamides is 1. The van der Waals surface area contributed by atoms with Gasteiger partial charge < -0.3 is 10.4 Å². The Balaban J connectivity index is 2.34. The van der Waals surface area contributed by atoms with Crippen LogP contribution in [0.3, 0.4) is 0 Å². The molecule has 0 atom stereocenters. The fourth-order valence-electron chi connectivity index (χ4n) is 1.29. The molecule has 1 heterocycles. The highest BCUT2D eigenvalue weighted by Gasteiger charge is 2.07. The van der Waals surface area contributed by atoms with Crippen molar-refractivity contribution in [3.05, 3.63) is 21.9 Å². The van der Waals surface area contributed by atoms with E-state index >= 15 is 0 Å². The SMILES string of the molecule is CS(=O)(=O)NCCCNC(=O)c1ccc(C#CCO)s1. The molecule has 1 aromatic rings. The van der Waals surface area contributed by atoms with Crippen LogP contribution < -0.4 is 10.0 Å². The molecule has 0 spiro atoms. The van der Waals surface area contributed by atoms with Crippen molar-refractivity contribution in [2.24, 2.45) is 0 Å². The topological polar surface area (TPSA) is 95.5 Å². The predicted octanol–water partition coefficient (Wildman–Crippen LogP) is -0.239. The van der Waals surface area contributed by atoms with Gasteiger partial charge in [-0.3, -0.25) is 4.79 Å². The standard InChI is InChI=1S/C12H16N2O4S2/c1-20(17,18)14-8-3-7-13-12(16)11-6-5-10(19-11)4-2-9-15/h5-6,14-15H,3,7-9H2,1H3,(H,13,16). The first-order valence-corrected chi connectivity index (χ1v) is 8.55. The van der Waals surface area contributed by atoms with Crippen molar-refractivity contribution >= 4 is 27.3 Å². The Labute approximate surface area is 122 Å². The second kappa shape index (κ2) is 8.01. The second-order valence-electron chi connectivity index (χ2n) is 3.90. The van der Waals surface area contributed by atoms with Crippen molar-refractivity contribution in [1.29, 1.82) is 0 Å². The normalized spacial score (nSPS) is 10.7. The van der Waals surface area contributed by atoms with Gasteiger partial charge >= 0.3 is 0 Å². The first-order chi connectivity index (χ1) is 9.42. The van der Waals surface area contributed by atoms with E-state index in [1.165, 1.54) is 11.3 Å². The van der Waals surface area contributed by atoms with Crippen molar-refractivity contribution < 1.29 is 18.3 Å². The van der Waals surface area contributed by atoms with Crippen LogP contribution in [0, 0.1) is 11.8 Å². The minimum absolute atomic E-state index is 0.216. The van der Waals surface area contributed by atoms with Gasteiger partial charge in [0.1, 0.15) is 6.61 Å². The molecule has 110 valence electrons. The minimum Gasteiger partial charge on any atom is -0.384 e. The van der Waals surface area contributed by atoms with Gasteiger partial charge in [0.2, 0.25) is 10.0 Å². The third-order valence-electron chi connectivity index (χ3n) is 2.12. The van der Waals surface area contributed by atoms with E-state index in [4.69, 9.17) is 5.11 Å². The molecule has 0 fully saturated rings. The van der Waals surface area contributed by atoms with E-state index in [0.29, 0.717) is 22.7 Å². The number of thiophene rings is 1. The van der Waals surface area contributed by atoms with Gasteiger partial charge in [0.05, 0.1) is 16.0 Å². The van der Waals surface area contributed by atoms with Gasteiger partial charge in [0.25, 0.3) is 5.91 Å². The lowest BCUT2D eigenvalue weighted by molar-refractivity contribution is 0.0957. The zero-order valence-corrected chi connectivity index (χ0v) is 12.6. The second-order valence-corrected chi connectivity index (χ2v) is 6.82. The molecule has 1 aromatic heterocycles. The summed E-state index contributed by atoms with van der Waals surface area (Å²) >= 11 is 1.24. The third-order valence-corrected chi connectivity index (χ3v) is 3.85. The highest BCUT2D eigenvalue weighted by molar-refractivity contribution is 7.88. The van der Waals surface area contributed by atoms with Crippen LogP contribution in [0.15, 0.2) is 12.1 Å². The maximum Gasteiger partial charge on any atom is 0.261 e. The average molecular weight is 316 g/mol. The first kappa shape index (κ1) is 16.7. The van der Waals surface area contributed by atoms with E-state index in [1.54, 1.807) is 12.1 Å². The maximum atomic E-state index is 11.8. The quantitative estimate of drug-likeness (QED) is 0.499. The molecule has 0 aliphatic rings. The molecular weight excluding hydrogens is 300 g/mol. The maximum absolute atomic E-state index is 11.8. The van der Waals surface area contributed by atoms with Gasteiger partial charge in [-0.25, -0.2) is 13.1 Å². The summed E-state index contributed by atoms with van der Waals surface area (Å²) in [4.78, 5) is 13.0. The Bertz CT molecular complexity index is 611. The van der Waals surface area contributed by atoms with Crippen LogP contribution in [0.4, 0.5) is 0 Å². The summed E-state index contributed by atoms with van der Waals surface area (Å²) < 4.78 is 24.0. The summed E-state index contributed by atoms with van der Waals surface area (Å²) in [6.45, 7) is 0.459. The molecule has 20 heavy (non-hydrogen) atoms. The summed E-state index contributed by atoms with van der Waals surface area (Å²) in [6.07, 6.45) is 1.60. The van der Waals surface area contributed by atoms with Gasteiger partial charge in [-0.1, -0.05) is 11.8 Å². The number of aliphatic hydroxyl groups is 1. The molecule has 0 unspecified atom stereocenters. The Morgan fingerprint density at radius 1 is 1.40 bits per heavy atom. The van der Waals surface area contributed by atoms with Crippen molar-refractivity contribution in [2.75, 3.05) is 26.0 Å². The van der Waals surface area contributed by atoms with Crippen LogP contribution in [0.25, 0.3) is 0 Å². The zero-order valence-electron chi connectivity index (χ0n) is 11.0. The van der Waals surface area contributed by atoms with Crippen molar-refractivity contribution in [1.82, 2.24) is 10.0 Å². The Morgan fingerprint density at radius 2 is 2.15 bits per heavy atom. The van der Waals surface area contributed by atoms with Crippen LogP contribution >= 0.6 is 11.3 Å². The molecule has 0 radical (unpaired) electrons.